The van der Waals surface area contributed by atoms with Gasteiger partial charge in [-0.3, -0.25) is 0 Å². The predicted octanol–water partition coefficient (Wildman–Crippen LogP) is 3.21. The van der Waals surface area contributed by atoms with Gasteiger partial charge in [0, 0.05) is 11.6 Å². The minimum Gasteiger partial charge on any atom is -0.324 e. The van der Waals surface area contributed by atoms with Crippen molar-refractivity contribution < 1.29 is 4.39 Å². The second-order valence-corrected chi connectivity index (χ2v) is 3.29. The van der Waals surface area contributed by atoms with E-state index in [9.17, 15) is 4.39 Å². The van der Waals surface area contributed by atoms with Crippen LogP contribution in [0.1, 0.15) is 24.9 Å². The minimum atomic E-state index is -0.279. The van der Waals surface area contributed by atoms with E-state index in [2.05, 4.69) is 6.58 Å². The van der Waals surface area contributed by atoms with Gasteiger partial charge in [-0.15, -0.1) is 19.0 Å². The third-order valence-corrected chi connectivity index (χ3v) is 1.87. The molecular weight excluding hydrogens is 201 g/mol. The van der Waals surface area contributed by atoms with E-state index in [-0.39, 0.29) is 24.3 Å². The topological polar surface area (TPSA) is 26.0 Å². The van der Waals surface area contributed by atoms with Crippen LogP contribution in [-0.4, -0.2) is 0 Å². The van der Waals surface area contributed by atoms with Crippen LogP contribution in [0.25, 0.3) is 0 Å². The van der Waals surface area contributed by atoms with Crippen LogP contribution in [-0.2, 0) is 0 Å². The van der Waals surface area contributed by atoms with Crippen LogP contribution in [0.2, 0.25) is 0 Å². The Labute approximate surface area is 90.2 Å². The quantitative estimate of drug-likeness (QED) is 0.770. The molecule has 0 heterocycles. The molecule has 0 unspecified atom stereocenters. The zero-order valence-corrected chi connectivity index (χ0v) is 8.98. The molecule has 0 aliphatic rings. The lowest BCUT2D eigenvalue weighted by atomic mass is 10.0. The number of halogens is 2. The SMILES string of the molecule is C=C(C)C[C@@H](N)c1ccccc1F.Cl. The van der Waals surface area contributed by atoms with Crippen molar-refractivity contribution in [2.45, 2.75) is 19.4 Å². The summed E-state index contributed by atoms with van der Waals surface area (Å²) in [4.78, 5) is 0. The smallest absolute Gasteiger partial charge is 0.127 e. The zero-order chi connectivity index (χ0) is 9.84. The number of benzene rings is 1. The lowest BCUT2D eigenvalue weighted by Crippen LogP contribution is -2.12. The van der Waals surface area contributed by atoms with E-state index < -0.39 is 0 Å². The van der Waals surface area contributed by atoms with E-state index in [0.29, 0.717) is 12.0 Å². The van der Waals surface area contributed by atoms with Crippen molar-refractivity contribution in [1.82, 2.24) is 0 Å². The molecule has 3 heteroatoms. The highest BCUT2D eigenvalue weighted by Gasteiger charge is 2.09. The van der Waals surface area contributed by atoms with Crippen LogP contribution < -0.4 is 5.73 Å². The Kier molecular flexibility index (Phi) is 5.43. The third-order valence-electron chi connectivity index (χ3n) is 1.87. The molecule has 0 radical (unpaired) electrons. The van der Waals surface area contributed by atoms with E-state index in [1.54, 1.807) is 18.2 Å². The molecule has 78 valence electrons. The Bertz CT molecular complexity index is 312. The van der Waals surface area contributed by atoms with Crippen LogP contribution in [0.3, 0.4) is 0 Å². The van der Waals surface area contributed by atoms with Crippen molar-refractivity contribution in [3.63, 3.8) is 0 Å². The van der Waals surface area contributed by atoms with Gasteiger partial charge in [0.2, 0.25) is 0 Å². The van der Waals surface area contributed by atoms with Crippen LogP contribution in [0, 0.1) is 5.82 Å². The molecule has 0 aliphatic heterocycles. The van der Waals surface area contributed by atoms with E-state index >= 15 is 0 Å². The highest BCUT2D eigenvalue weighted by atomic mass is 35.5. The summed E-state index contributed by atoms with van der Waals surface area (Å²) in [5.41, 5.74) is 7.32. The molecule has 0 bridgehead atoms. The molecule has 0 spiro atoms. The van der Waals surface area contributed by atoms with Crippen molar-refractivity contribution in [2.24, 2.45) is 5.73 Å². The summed E-state index contributed by atoms with van der Waals surface area (Å²) in [6.45, 7) is 5.64. The van der Waals surface area contributed by atoms with Gasteiger partial charge in [0.15, 0.2) is 0 Å². The van der Waals surface area contributed by atoms with Crippen LogP contribution in [0.5, 0.6) is 0 Å². The van der Waals surface area contributed by atoms with E-state index in [0.717, 1.165) is 5.57 Å². The fourth-order valence-electron chi connectivity index (χ4n) is 1.26. The first-order chi connectivity index (χ1) is 6.11. The summed E-state index contributed by atoms with van der Waals surface area (Å²) in [6.07, 6.45) is 0.626. The van der Waals surface area contributed by atoms with Crippen molar-refractivity contribution in [3.05, 3.63) is 47.8 Å². The second-order valence-electron chi connectivity index (χ2n) is 3.29. The van der Waals surface area contributed by atoms with Crippen molar-refractivity contribution in [2.75, 3.05) is 0 Å². The summed E-state index contributed by atoms with van der Waals surface area (Å²) >= 11 is 0. The Morgan fingerprint density at radius 3 is 2.57 bits per heavy atom. The normalized spacial score (nSPS) is 11.6. The Morgan fingerprint density at radius 2 is 2.07 bits per heavy atom. The number of hydrogen-bond donors (Lipinski definition) is 1. The number of nitrogens with two attached hydrogens (primary N) is 1. The van der Waals surface area contributed by atoms with Gasteiger partial charge < -0.3 is 5.73 Å². The average molecular weight is 216 g/mol. The lowest BCUT2D eigenvalue weighted by molar-refractivity contribution is 0.580. The van der Waals surface area contributed by atoms with Crippen LogP contribution in [0.15, 0.2) is 36.4 Å². The third kappa shape index (κ3) is 3.48. The van der Waals surface area contributed by atoms with Crippen molar-refractivity contribution in [1.29, 1.82) is 0 Å². The van der Waals surface area contributed by atoms with Crippen molar-refractivity contribution in [3.8, 4) is 0 Å². The maximum Gasteiger partial charge on any atom is 0.127 e. The molecule has 2 N–H and O–H groups in total. The number of rotatable bonds is 3. The molecule has 0 fully saturated rings. The van der Waals surface area contributed by atoms with Gasteiger partial charge >= 0.3 is 0 Å². The van der Waals surface area contributed by atoms with E-state index in [4.69, 9.17) is 5.73 Å². The molecule has 0 aromatic heterocycles. The monoisotopic (exact) mass is 215 g/mol. The van der Waals surface area contributed by atoms with Gasteiger partial charge in [-0.1, -0.05) is 23.8 Å². The lowest BCUT2D eigenvalue weighted by Gasteiger charge is -2.12. The largest absolute Gasteiger partial charge is 0.324 e. The Balaban J connectivity index is 0.00000169. The first-order valence-corrected chi connectivity index (χ1v) is 4.25. The summed E-state index contributed by atoms with van der Waals surface area (Å²) in [5, 5.41) is 0. The molecular formula is C11H15ClFN. The van der Waals surface area contributed by atoms with E-state index in [1.165, 1.54) is 6.07 Å². The zero-order valence-electron chi connectivity index (χ0n) is 8.16. The highest BCUT2D eigenvalue weighted by Crippen LogP contribution is 2.19. The van der Waals surface area contributed by atoms with Gasteiger partial charge in [-0.2, -0.15) is 0 Å². The first-order valence-electron chi connectivity index (χ1n) is 4.25. The first kappa shape index (κ1) is 13.1. The fraction of sp³-hybridized carbons (Fsp3) is 0.273. The summed E-state index contributed by atoms with van der Waals surface area (Å²) < 4.78 is 13.2. The molecule has 1 rings (SSSR count). The van der Waals surface area contributed by atoms with Gasteiger partial charge in [0.1, 0.15) is 5.82 Å². The molecule has 14 heavy (non-hydrogen) atoms. The average Bonchev–Trinajstić information content (AvgIpc) is 2.03. The number of hydrogen-bond acceptors (Lipinski definition) is 1. The van der Waals surface area contributed by atoms with Gasteiger partial charge in [-0.25, -0.2) is 4.39 Å². The molecule has 1 aromatic rings. The van der Waals surface area contributed by atoms with Gasteiger partial charge in [0.05, 0.1) is 0 Å². The molecule has 1 atom stereocenters. The summed E-state index contributed by atoms with van der Waals surface area (Å²) in [5.74, 6) is -0.240. The molecule has 0 saturated heterocycles. The van der Waals surface area contributed by atoms with E-state index in [1.807, 2.05) is 6.92 Å². The highest BCUT2D eigenvalue weighted by molar-refractivity contribution is 5.85. The molecule has 0 aliphatic carbocycles. The molecule has 1 nitrogen and oxygen atoms in total. The second kappa shape index (κ2) is 5.78. The van der Waals surface area contributed by atoms with Gasteiger partial charge in [0.25, 0.3) is 0 Å². The van der Waals surface area contributed by atoms with Gasteiger partial charge in [-0.05, 0) is 19.4 Å². The maximum absolute atomic E-state index is 13.2. The van der Waals surface area contributed by atoms with Crippen LogP contribution >= 0.6 is 12.4 Å². The standard InChI is InChI=1S/C11H14FN.ClH/c1-8(2)7-11(13)9-5-3-4-6-10(9)12;/h3-6,11H,1,7,13H2,2H3;1H/t11-;/m1./s1. The Hall–Kier alpha value is -0.860. The maximum atomic E-state index is 13.2. The predicted molar refractivity (Wildman–Crippen MR) is 60.0 cm³/mol. The molecule has 0 amide bonds. The fourth-order valence-corrected chi connectivity index (χ4v) is 1.26. The molecule has 0 saturated carbocycles. The van der Waals surface area contributed by atoms with Crippen LogP contribution in [0.4, 0.5) is 4.39 Å². The Morgan fingerprint density at radius 1 is 1.50 bits per heavy atom. The summed E-state index contributed by atoms with van der Waals surface area (Å²) in [7, 11) is 0. The van der Waals surface area contributed by atoms with Crippen molar-refractivity contribution >= 4 is 12.4 Å². The molecule has 1 aromatic carbocycles. The summed E-state index contributed by atoms with van der Waals surface area (Å²) in [6, 6.07) is 6.30. The minimum absolute atomic E-state index is 0.